The zero-order valence-corrected chi connectivity index (χ0v) is 38.6. The third kappa shape index (κ3) is 7.11. The fourth-order valence-electron chi connectivity index (χ4n) is 10.3. The first-order valence-corrected chi connectivity index (χ1v) is 23.4. The van der Waals surface area contributed by atoms with Crippen molar-refractivity contribution in [3.05, 3.63) is 259 Å². The quantitative estimate of drug-likeness (QED) is 0.136. The predicted octanol–water partition coefficient (Wildman–Crippen LogP) is 17.5. The number of hydrogen-bond acceptors (Lipinski definition) is 3. The molecule has 12 rings (SSSR count). The van der Waals surface area contributed by atoms with Crippen LogP contribution in [0.25, 0.3) is 71.0 Å². The Kier molecular flexibility index (Phi) is 10.3. The van der Waals surface area contributed by atoms with Gasteiger partial charge in [0.05, 0.1) is 40.3 Å². The van der Waals surface area contributed by atoms with Crippen LogP contribution in [0.3, 0.4) is 0 Å². The van der Waals surface area contributed by atoms with Crippen LogP contribution >= 0.6 is 0 Å². The first-order chi connectivity index (χ1) is 34.4. The van der Waals surface area contributed by atoms with Crippen molar-refractivity contribution < 1.29 is 0 Å². The summed E-state index contributed by atoms with van der Waals surface area (Å²) in [6.07, 6.45) is 0. The minimum absolute atomic E-state index is 0.473. The molecule has 0 radical (unpaired) electrons. The lowest BCUT2D eigenvalue weighted by Crippen LogP contribution is -2.09. The summed E-state index contributed by atoms with van der Waals surface area (Å²) in [6.45, 7) is 12.8. The summed E-state index contributed by atoms with van der Waals surface area (Å²) in [5, 5.41) is 15.4. The lowest BCUT2D eigenvalue weighted by Gasteiger charge is -2.25. The number of anilines is 6. The number of hydrogen-bond donors (Lipinski definition) is 0. The Labute approximate surface area is 406 Å². The molecule has 2 aromatic heterocycles. The molecular formula is C64H44N6. The van der Waals surface area contributed by atoms with Crippen LogP contribution in [0.1, 0.15) is 16.7 Å². The normalized spacial score (nSPS) is 11.3. The highest BCUT2D eigenvalue weighted by molar-refractivity contribution is 6.12. The summed E-state index contributed by atoms with van der Waals surface area (Å²) >= 11 is 0. The van der Waals surface area contributed by atoms with E-state index in [2.05, 4.69) is 226 Å². The van der Waals surface area contributed by atoms with Crippen molar-refractivity contribution in [1.29, 1.82) is 5.26 Å². The highest BCUT2D eigenvalue weighted by Gasteiger charge is 2.22. The van der Waals surface area contributed by atoms with Crippen molar-refractivity contribution in [2.75, 3.05) is 9.80 Å². The fraction of sp³-hybridized carbons (Fsp3) is 0.0312. The van der Waals surface area contributed by atoms with Crippen LogP contribution in [-0.2, 0) is 0 Å². The Hall–Kier alpha value is -9.62. The second-order valence-corrected chi connectivity index (χ2v) is 17.8. The van der Waals surface area contributed by atoms with Crippen LogP contribution in [0.5, 0.6) is 0 Å². The van der Waals surface area contributed by atoms with Gasteiger partial charge in [0.25, 0.3) is 0 Å². The second-order valence-electron chi connectivity index (χ2n) is 17.8. The summed E-state index contributed by atoms with van der Waals surface area (Å²) < 4.78 is 4.51. The Bertz CT molecular complexity index is 3700. The van der Waals surface area contributed by atoms with Crippen LogP contribution in [0.4, 0.5) is 39.8 Å². The SMILES string of the molecule is [C-]#[N+]c1cc(-n2c3ccc(C)cc3c3cc(N(c4ccccc4)c4ccccc4)ccc32)ccc1-c1ccc(-n2c3ccc(C)cc3c3cc(N(c4ccccc4)c4ccccc4)ccc32)cc1C#N. The minimum Gasteiger partial charge on any atom is -0.311 e. The summed E-state index contributed by atoms with van der Waals surface area (Å²) in [6, 6.07) is 82.8. The average molecular weight is 897 g/mol. The molecule has 0 N–H and O–H groups in total. The molecule has 0 unspecified atom stereocenters. The minimum atomic E-state index is 0.473. The van der Waals surface area contributed by atoms with E-state index in [1.54, 1.807) is 0 Å². The Morgan fingerprint density at radius 3 is 1.16 bits per heavy atom. The number of benzene rings is 10. The maximum atomic E-state index is 10.9. The van der Waals surface area contributed by atoms with Gasteiger partial charge in [-0.2, -0.15) is 5.26 Å². The molecule has 6 nitrogen and oxygen atoms in total. The maximum absolute atomic E-state index is 10.9. The largest absolute Gasteiger partial charge is 0.311 e. The van der Waals surface area contributed by atoms with E-state index in [0.29, 0.717) is 22.4 Å². The van der Waals surface area contributed by atoms with E-state index in [4.69, 9.17) is 6.57 Å². The van der Waals surface area contributed by atoms with Gasteiger partial charge in [0.1, 0.15) is 0 Å². The number of fused-ring (bicyclic) bond motifs is 6. The lowest BCUT2D eigenvalue weighted by atomic mass is 9.97. The van der Waals surface area contributed by atoms with Gasteiger partial charge in [-0.05, 0) is 158 Å². The van der Waals surface area contributed by atoms with Crippen molar-refractivity contribution in [1.82, 2.24) is 9.13 Å². The molecule has 0 aliphatic heterocycles. The van der Waals surface area contributed by atoms with Gasteiger partial charge in [0.15, 0.2) is 5.69 Å². The van der Waals surface area contributed by atoms with E-state index >= 15 is 0 Å². The van der Waals surface area contributed by atoms with Crippen LogP contribution in [0.2, 0.25) is 0 Å². The number of aromatic nitrogens is 2. The highest BCUT2D eigenvalue weighted by Crippen LogP contribution is 2.44. The zero-order valence-electron chi connectivity index (χ0n) is 38.6. The fourth-order valence-corrected chi connectivity index (χ4v) is 10.3. The Morgan fingerprint density at radius 1 is 0.386 bits per heavy atom. The van der Waals surface area contributed by atoms with Gasteiger partial charge in [-0.3, -0.25) is 0 Å². The molecule has 0 aliphatic rings. The van der Waals surface area contributed by atoms with E-state index in [1.807, 2.05) is 48.5 Å². The summed E-state index contributed by atoms with van der Waals surface area (Å²) in [5.74, 6) is 0. The van der Waals surface area contributed by atoms with Crippen LogP contribution in [-0.4, -0.2) is 9.13 Å². The van der Waals surface area contributed by atoms with E-state index in [1.165, 1.54) is 11.1 Å². The Morgan fingerprint density at radius 2 is 0.757 bits per heavy atom. The van der Waals surface area contributed by atoms with Crippen molar-refractivity contribution >= 4 is 83.4 Å². The molecule has 6 heteroatoms. The Balaban J connectivity index is 0.957. The first kappa shape index (κ1) is 41.8. The predicted molar refractivity (Wildman–Crippen MR) is 290 cm³/mol. The standard InChI is InChI=1S/C64H44N6/c1-43-24-32-61-56(36-43)58-39-51(67(46-16-8-4-9-17-46)47-18-10-5-11-19-47)28-34-63(58)69(61)50-26-30-54(45(38-50)42-65)55-31-27-53(41-60(55)66-3)70-62-33-25-44(2)37-57(62)59-40-52(29-35-64(59)70)68(48-20-12-6-13-21-48)49-22-14-7-15-23-49/h4-41H,1-2H3. The molecule has 0 saturated heterocycles. The number of rotatable bonds is 9. The highest BCUT2D eigenvalue weighted by atomic mass is 15.1. The van der Waals surface area contributed by atoms with Gasteiger partial charge in [0.2, 0.25) is 0 Å². The lowest BCUT2D eigenvalue weighted by molar-refractivity contribution is 1.17. The number of aryl methyl sites for hydroxylation is 2. The molecule has 10 aromatic carbocycles. The topological polar surface area (TPSA) is 44.5 Å². The smallest absolute Gasteiger partial charge is 0.197 e. The molecule has 12 aromatic rings. The zero-order chi connectivity index (χ0) is 47.3. The average Bonchev–Trinajstić information content (AvgIpc) is 3.91. The van der Waals surface area contributed by atoms with Gasteiger partial charge in [-0.1, -0.05) is 108 Å². The number of nitriles is 1. The van der Waals surface area contributed by atoms with Gasteiger partial charge < -0.3 is 18.9 Å². The molecule has 0 saturated carbocycles. The molecule has 0 atom stereocenters. The van der Waals surface area contributed by atoms with E-state index in [-0.39, 0.29) is 0 Å². The summed E-state index contributed by atoms with van der Waals surface area (Å²) in [7, 11) is 0. The van der Waals surface area contributed by atoms with Gasteiger partial charge in [-0.15, -0.1) is 0 Å². The molecule has 0 bridgehead atoms. The van der Waals surface area contributed by atoms with Crippen molar-refractivity contribution in [3.63, 3.8) is 0 Å². The molecule has 0 amide bonds. The summed E-state index contributed by atoms with van der Waals surface area (Å²) in [4.78, 5) is 8.68. The van der Waals surface area contributed by atoms with Crippen molar-refractivity contribution in [3.8, 4) is 28.6 Å². The van der Waals surface area contributed by atoms with Crippen molar-refractivity contribution in [2.24, 2.45) is 0 Å². The third-order valence-corrected chi connectivity index (χ3v) is 13.4. The molecule has 2 heterocycles. The molecule has 0 aliphatic carbocycles. The van der Waals surface area contributed by atoms with Gasteiger partial charge in [-0.25, -0.2) is 4.85 Å². The van der Waals surface area contributed by atoms with Gasteiger partial charge in [0, 0.05) is 67.0 Å². The molecule has 70 heavy (non-hydrogen) atoms. The third-order valence-electron chi connectivity index (χ3n) is 13.4. The number of nitrogens with zero attached hydrogens (tertiary/aromatic N) is 6. The first-order valence-electron chi connectivity index (χ1n) is 23.4. The molecular weight excluding hydrogens is 853 g/mol. The van der Waals surface area contributed by atoms with Crippen LogP contribution in [0.15, 0.2) is 231 Å². The molecule has 0 fully saturated rings. The van der Waals surface area contributed by atoms with E-state index in [9.17, 15) is 5.26 Å². The summed E-state index contributed by atoms with van der Waals surface area (Å²) in [5.41, 5.74) is 17.1. The molecule has 330 valence electrons. The maximum Gasteiger partial charge on any atom is 0.197 e. The van der Waals surface area contributed by atoms with Crippen molar-refractivity contribution in [2.45, 2.75) is 13.8 Å². The van der Waals surface area contributed by atoms with E-state index in [0.717, 1.165) is 89.1 Å². The molecule has 0 spiro atoms. The number of para-hydroxylation sites is 4. The van der Waals surface area contributed by atoms with Gasteiger partial charge >= 0.3 is 0 Å². The van der Waals surface area contributed by atoms with Crippen LogP contribution < -0.4 is 9.80 Å². The monoisotopic (exact) mass is 896 g/mol. The van der Waals surface area contributed by atoms with E-state index < -0.39 is 0 Å². The van der Waals surface area contributed by atoms with Crippen LogP contribution in [0, 0.1) is 31.8 Å². The second kappa shape index (κ2) is 17.2.